The van der Waals surface area contributed by atoms with E-state index >= 15 is 0 Å². The lowest BCUT2D eigenvalue weighted by atomic mass is 10.2. The zero-order valence-corrected chi connectivity index (χ0v) is 13.8. The second-order valence-corrected chi connectivity index (χ2v) is 6.80. The molecule has 2 fully saturated rings. The molecule has 6 heteroatoms. The Hall–Kier alpha value is -1.95. The normalized spacial score (nSPS) is 21.7. The maximum absolute atomic E-state index is 5.45. The van der Waals surface area contributed by atoms with E-state index in [-0.39, 0.29) is 0 Å². The first-order valence-electron chi connectivity index (χ1n) is 8.38. The van der Waals surface area contributed by atoms with Gasteiger partial charge in [-0.15, -0.1) is 0 Å². The zero-order chi connectivity index (χ0) is 15.8. The van der Waals surface area contributed by atoms with Crippen LogP contribution < -0.4 is 4.90 Å². The first-order chi connectivity index (χ1) is 11.2. The van der Waals surface area contributed by atoms with E-state index in [4.69, 9.17) is 4.52 Å². The van der Waals surface area contributed by atoms with E-state index in [0.717, 1.165) is 49.0 Å². The number of hydrogen-bond donors (Lipinski definition) is 0. The minimum Gasteiger partial charge on any atom is -0.361 e. The van der Waals surface area contributed by atoms with Crippen LogP contribution in [0.15, 0.2) is 23.0 Å². The van der Waals surface area contributed by atoms with Gasteiger partial charge < -0.3 is 9.42 Å². The van der Waals surface area contributed by atoms with Gasteiger partial charge in [-0.25, -0.2) is 9.97 Å². The highest BCUT2D eigenvalue weighted by Crippen LogP contribution is 2.40. The quantitative estimate of drug-likeness (QED) is 0.844. The van der Waals surface area contributed by atoms with Gasteiger partial charge in [0.2, 0.25) is 0 Å². The van der Waals surface area contributed by atoms with Crippen molar-refractivity contribution in [2.24, 2.45) is 0 Å². The van der Waals surface area contributed by atoms with Crippen LogP contribution in [0.5, 0.6) is 0 Å². The van der Waals surface area contributed by atoms with Crippen LogP contribution >= 0.6 is 0 Å². The Labute approximate surface area is 136 Å². The van der Waals surface area contributed by atoms with E-state index in [1.807, 2.05) is 13.0 Å². The third-order valence-corrected chi connectivity index (χ3v) is 4.89. The molecule has 23 heavy (non-hydrogen) atoms. The van der Waals surface area contributed by atoms with Crippen LogP contribution in [0.25, 0.3) is 0 Å². The molecule has 1 atom stereocenters. The molecule has 1 saturated carbocycles. The molecule has 2 aliphatic rings. The molecule has 4 rings (SSSR count). The van der Waals surface area contributed by atoms with Gasteiger partial charge in [-0.3, -0.25) is 4.90 Å². The summed E-state index contributed by atoms with van der Waals surface area (Å²) in [6, 6.07) is 4.67. The molecule has 1 unspecified atom stereocenters. The maximum Gasteiger partial charge on any atom is 0.140 e. The van der Waals surface area contributed by atoms with Crippen LogP contribution in [-0.4, -0.2) is 46.2 Å². The number of rotatable bonds is 5. The molecule has 122 valence electrons. The van der Waals surface area contributed by atoms with Crippen molar-refractivity contribution >= 4 is 5.82 Å². The summed E-state index contributed by atoms with van der Waals surface area (Å²) in [5, 5.41) is 4.23. The van der Waals surface area contributed by atoms with E-state index in [1.165, 1.54) is 12.8 Å². The minimum atomic E-state index is 0.485. The molecule has 0 amide bonds. The van der Waals surface area contributed by atoms with E-state index in [0.29, 0.717) is 12.0 Å². The van der Waals surface area contributed by atoms with Crippen LogP contribution in [0.2, 0.25) is 0 Å². The molecule has 0 bridgehead atoms. The number of anilines is 1. The van der Waals surface area contributed by atoms with Crippen LogP contribution in [0.4, 0.5) is 5.82 Å². The van der Waals surface area contributed by atoms with Crippen molar-refractivity contribution in [2.75, 3.05) is 25.0 Å². The number of aryl methyl sites for hydroxylation is 1. The largest absolute Gasteiger partial charge is 0.361 e. The summed E-state index contributed by atoms with van der Waals surface area (Å²) in [6.45, 7) is 5.00. The first kappa shape index (κ1) is 14.6. The fourth-order valence-electron chi connectivity index (χ4n) is 3.28. The van der Waals surface area contributed by atoms with Gasteiger partial charge in [-0.05, 0) is 26.2 Å². The van der Waals surface area contributed by atoms with Gasteiger partial charge in [0, 0.05) is 56.5 Å². The number of likely N-dealkylation sites (N-methyl/N-ethyl adjacent to an activating group) is 1. The summed E-state index contributed by atoms with van der Waals surface area (Å²) in [6.07, 6.45) is 5.29. The average Bonchev–Trinajstić information content (AvgIpc) is 3.12. The first-order valence-corrected chi connectivity index (χ1v) is 8.38. The second kappa shape index (κ2) is 5.92. The summed E-state index contributed by atoms with van der Waals surface area (Å²) in [5.74, 6) is 2.71. The SMILES string of the molecule is Cc1cc(N(C)C2CCN(Cc3cc(C4CC4)on3)C2)ncn1. The van der Waals surface area contributed by atoms with Crippen LogP contribution in [0.1, 0.15) is 42.3 Å². The molecule has 1 aliphatic heterocycles. The Morgan fingerprint density at radius 3 is 2.91 bits per heavy atom. The monoisotopic (exact) mass is 313 g/mol. The molecule has 1 saturated heterocycles. The predicted molar refractivity (Wildman–Crippen MR) is 87.3 cm³/mol. The van der Waals surface area contributed by atoms with Gasteiger partial charge in [0.1, 0.15) is 17.9 Å². The Morgan fingerprint density at radius 1 is 1.26 bits per heavy atom. The van der Waals surface area contributed by atoms with Crippen molar-refractivity contribution in [3.63, 3.8) is 0 Å². The third-order valence-electron chi connectivity index (χ3n) is 4.89. The van der Waals surface area contributed by atoms with E-state index < -0.39 is 0 Å². The fourth-order valence-corrected chi connectivity index (χ4v) is 3.28. The smallest absolute Gasteiger partial charge is 0.140 e. The van der Waals surface area contributed by atoms with Gasteiger partial charge >= 0.3 is 0 Å². The van der Waals surface area contributed by atoms with Gasteiger partial charge in [0.25, 0.3) is 0 Å². The topological polar surface area (TPSA) is 58.3 Å². The van der Waals surface area contributed by atoms with Crippen molar-refractivity contribution < 1.29 is 4.52 Å². The molecular weight excluding hydrogens is 290 g/mol. The highest BCUT2D eigenvalue weighted by molar-refractivity contribution is 5.39. The molecule has 0 spiro atoms. The number of nitrogens with zero attached hydrogens (tertiary/aromatic N) is 5. The molecular formula is C17H23N5O. The van der Waals surface area contributed by atoms with Crippen molar-refractivity contribution in [1.29, 1.82) is 0 Å². The molecule has 3 heterocycles. The van der Waals surface area contributed by atoms with Crippen molar-refractivity contribution in [1.82, 2.24) is 20.0 Å². The fraction of sp³-hybridized carbons (Fsp3) is 0.588. The number of hydrogen-bond acceptors (Lipinski definition) is 6. The number of aromatic nitrogens is 3. The number of likely N-dealkylation sites (tertiary alicyclic amines) is 1. The summed E-state index contributed by atoms with van der Waals surface area (Å²) in [7, 11) is 2.12. The average molecular weight is 313 g/mol. The van der Waals surface area contributed by atoms with Gasteiger partial charge in [-0.2, -0.15) is 0 Å². The van der Waals surface area contributed by atoms with Gasteiger partial charge in [0.05, 0.1) is 5.69 Å². The lowest BCUT2D eigenvalue weighted by Crippen LogP contribution is -2.35. The molecule has 0 aromatic carbocycles. The standard InChI is InChI=1S/C17H23N5O/c1-12-7-17(19-11-18-12)21(2)15-5-6-22(10-15)9-14-8-16(23-20-14)13-3-4-13/h7-8,11,13,15H,3-6,9-10H2,1-2H3. The van der Waals surface area contributed by atoms with Crippen LogP contribution in [-0.2, 0) is 6.54 Å². The second-order valence-electron chi connectivity index (χ2n) is 6.80. The van der Waals surface area contributed by atoms with Crippen molar-refractivity contribution in [2.45, 2.75) is 44.7 Å². The zero-order valence-electron chi connectivity index (χ0n) is 13.8. The van der Waals surface area contributed by atoms with Gasteiger partial charge in [-0.1, -0.05) is 5.16 Å². The minimum absolute atomic E-state index is 0.485. The molecule has 2 aromatic rings. The molecule has 6 nitrogen and oxygen atoms in total. The summed E-state index contributed by atoms with van der Waals surface area (Å²) in [5.41, 5.74) is 2.07. The molecule has 2 aromatic heterocycles. The third kappa shape index (κ3) is 3.22. The molecule has 0 N–H and O–H groups in total. The Balaban J connectivity index is 1.36. The van der Waals surface area contributed by atoms with Crippen molar-refractivity contribution in [3.05, 3.63) is 35.6 Å². The van der Waals surface area contributed by atoms with E-state index in [2.05, 4.69) is 38.0 Å². The summed E-state index contributed by atoms with van der Waals surface area (Å²) in [4.78, 5) is 13.3. The van der Waals surface area contributed by atoms with Crippen molar-refractivity contribution in [3.8, 4) is 0 Å². The Bertz CT molecular complexity index is 681. The Morgan fingerprint density at radius 2 is 2.13 bits per heavy atom. The van der Waals surface area contributed by atoms with Crippen LogP contribution in [0, 0.1) is 6.92 Å². The predicted octanol–water partition coefficient (Wildman–Crippen LogP) is 2.36. The highest BCUT2D eigenvalue weighted by atomic mass is 16.5. The molecule has 1 aliphatic carbocycles. The van der Waals surface area contributed by atoms with Gasteiger partial charge in [0.15, 0.2) is 0 Å². The highest BCUT2D eigenvalue weighted by Gasteiger charge is 2.30. The molecule has 0 radical (unpaired) electrons. The Kier molecular flexibility index (Phi) is 3.77. The lowest BCUT2D eigenvalue weighted by Gasteiger charge is -2.25. The summed E-state index contributed by atoms with van der Waals surface area (Å²) < 4.78 is 5.45. The van der Waals surface area contributed by atoms with Crippen LogP contribution in [0.3, 0.4) is 0 Å². The van der Waals surface area contributed by atoms with E-state index in [1.54, 1.807) is 6.33 Å². The van der Waals surface area contributed by atoms with E-state index in [9.17, 15) is 0 Å². The maximum atomic E-state index is 5.45. The lowest BCUT2D eigenvalue weighted by molar-refractivity contribution is 0.306. The summed E-state index contributed by atoms with van der Waals surface area (Å²) >= 11 is 0.